The minimum Gasteiger partial charge on any atom is -0.481 e. The molecule has 0 spiro atoms. The minimum absolute atomic E-state index is 0.115. The van der Waals surface area contributed by atoms with Gasteiger partial charge in [-0.3, -0.25) is 9.59 Å². The number of hydrogen-bond donors (Lipinski definition) is 1. The first-order valence-electron chi connectivity index (χ1n) is 7.67. The summed E-state index contributed by atoms with van der Waals surface area (Å²) in [5, 5.41) is 9.07. The van der Waals surface area contributed by atoms with Crippen LogP contribution in [0.2, 0.25) is 0 Å². The Morgan fingerprint density at radius 3 is 2.43 bits per heavy atom. The smallest absolute Gasteiger partial charge is 0.306 e. The maximum atomic E-state index is 12.6. The van der Waals surface area contributed by atoms with Gasteiger partial charge in [0, 0.05) is 19.0 Å². The van der Waals surface area contributed by atoms with E-state index in [1.54, 1.807) is 0 Å². The van der Waals surface area contributed by atoms with Crippen LogP contribution in [0, 0.1) is 11.8 Å². The van der Waals surface area contributed by atoms with E-state index in [0.717, 1.165) is 18.5 Å². The number of benzene rings is 1. The van der Waals surface area contributed by atoms with Gasteiger partial charge in [-0.05, 0) is 31.2 Å². The summed E-state index contributed by atoms with van der Waals surface area (Å²) in [5.41, 5.74) is 1.12. The quantitative estimate of drug-likeness (QED) is 0.876. The highest BCUT2D eigenvalue weighted by Crippen LogP contribution is 2.32. The van der Waals surface area contributed by atoms with E-state index < -0.39 is 5.97 Å². The SMILES string of the molecule is CCCN(Cc1ccccc1)C(=O)[C@@H]1CC[C@H](C(=O)O)C1. The number of carbonyl (C=O) groups is 2. The van der Waals surface area contributed by atoms with Crippen molar-refractivity contribution in [1.82, 2.24) is 4.90 Å². The molecule has 0 radical (unpaired) electrons. The summed E-state index contributed by atoms with van der Waals surface area (Å²) in [6.45, 7) is 3.39. The second-order valence-electron chi connectivity index (χ2n) is 5.79. The molecule has 1 aliphatic rings. The molecule has 1 aromatic rings. The van der Waals surface area contributed by atoms with Gasteiger partial charge in [0.1, 0.15) is 0 Å². The van der Waals surface area contributed by atoms with Crippen molar-refractivity contribution in [2.75, 3.05) is 6.54 Å². The predicted octanol–water partition coefficient (Wildman–Crippen LogP) is 2.93. The number of carboxylic acid groups (broad SMARTS) is 1. The van der Waals surface area contributed by atoms with Gasteiger partial charge in [0.05, 0.1) is 5.92 Å². The Bertz CT molecular complexity index is 486. The van der Waals surface area contributed by atoms with Crippen LogP contribution in [0.4, 0.5) is 0 Å². The van der Waals surface area contributed by atoms with Gasteiger partial charge in [0.2, 0.25) is 5.91 Å². The second kappa shape index (κ2) is 7.25. The average Bonchev–Trinajstić information content (AvgIpc) is 2.97. The van der Waals surface area contributed by atoms with E-state index in [0.29, 0.717) is 25.8 Å². The summed E-state index contributed by atoms with van der Waals surface area (Å²) in [6, 6.07) is 9.94. The van der Waals surface area contributed by atoms with Crippen molar-refractivity contribution in [3.63, 3.8) is 0 Å². The van der Waals surface area contributed by atoms with Crippen LogP contribution in [0.25, 0.3) is 0 Å². The number of carbonyl (C=O) groups excluding carboxylic acids is 1. The summed E-state index contributed by atoms with van der Waals surface area (Å²) in [4.78, 5) is 25.6. The largest absolute Gasteiger partial charge is 0.481 e. The van der Waals surface area contributed by atoms with Crippen LogP contribution >= 0.6 is 0 Å². The highest BCUT2D eigenvalue weighted by Gasteiger charge is 2.35. The Labute approximate surface area is 125 Å². The van der Waals surface area contributed by atoms with Crippen molar-refractivity contribution >= 4 is 11.9 Å². The molecule has 1 aliphatic carbocycles. The monoisotopic (exact) mass is 289 g/mol. The van der Waals surface area contributed by atoms with E-state index in [2.05, 4.69) is 6.92 Å². The fourth-order valence-corrected chi connectivity index (χ4v) is 3.03. The third kappa shape index (κ3) is 4.06. The third-order valence-electron chi connectivity index (χ3n) is 4.15. The number of amides is 1. The predicted molar refractivity (Wildman–Crippen MR) is 80.6 cm³/mol. The molecule has 0 aromatic heterocycles. The number of carboxylic acids is 1. The lowest BCUT2D eigenvalue weighted by Gasteiger charge is -2.25. The van der Waals surface area contributed by atoms with E-state index >= 15 is 0 Å². The summed E-state index contributed by atoms with van der Waals surface area (Å²) in [5.74, 6) is -1.12. The molecule has 0 heterocycles. The Balaban J connectivity index is 2.01. The second-order valence-corrected chi connectivity index (χ2v) is 5.79. The normalized spacial score (nSPS) is 21.2. The zero-order valence-corrected chi connectivity index (χ0v) is 12.5. The van der Waals surface area contributed by atoms with E-state index in [1.807, 2.05) is 35.2 Å². The lowest BCUT2D eigenvalue weighted by molar-refractivity contribution is -0.141. The number of nitrogens with zero attached hydrogens (tertiary/aromatic N) is 1. The zero-order chi connectivity index (χ0) is 15.2. The van der Waals surface area contributed by atoms with Gasteiger partial charge in [-0.1, -0.05) is 37.3 Å². The van der Waals surface area contributed by atoms with Gasteiger partial charge in [0.15, 0.2) is 0 Å². The van der Waals surface area contributed by atoms with E-state index in [-0.39, 0.29) is 17.7 Å². The molecule has 1 amide bonds. The van der Waals surface area contributed by atoms with Gasteiger partial charge in [0.25, 0.3) is 0 Å². The molecule has 4 heteroatoms. The number of hydrogen-bond acceptors (Lipinski definition) is 2. The highest BCUT2D eigenvalue weighted by atomic mass is 16.4. The molecular weight excluding hydrogens is 266 g/mol. The van der Waals surface area contributed by atoms with Crippen molar-refractivity contribution in [3.05, 3.63) is 35.9 Å². The van der Waals surface area contributed by atoms with E-state index in [4.69, 9.17) is 5.11 Å². The third-order valence-corrected chi connectivity index (χ3v) is 4.15. The van der Waals surface area contributed by atoms with Gasteiger partial charge in [-0.2, -0.15) is 0 Å². The molecular formula is C17H23NO3. The summed E-state index contributed by atoms with van der Waals surface area (Å²) < 4.78 is 0. The molecule has 2 rings (SSSR count). The molecule has 0 aliphatic heterocycles. The summed E-state index contributed by atoms with van der Waals surface area (Å²) >= 11 is 0. The Hall–Kier alpha value is -1.84. The standard InChI is InChI=1S/C17H23NO3/c1-2-10-18(12-13-6-4-3-5-7-13)16(19)14-8-9-15(11-14)17(20)21/h3-7,14-15H,2,8-12H2,1H3,(H,20,21)/t14-,15+/m1/s1. The fraction of sp³-hybridized carbons (Fsp3) is 0.529. The van der Waals surface area contributed by atoms with Crippen LogP contribution in [0.5, 0.6) is 0 Å². The molecule has 1 aromatic carbocycles. The first kappa shape index (κ1) is 15.5. The molecule has 114 valence electrons. The van der Waals surface area contributed by atoms with Crippen molar-refractivity contribution in [2.45, 2.75) is 39.2 Å². The van der Waals surface area contributed by atoms with Crippen LogP contribution < -0.4 is 0 Å². The highest BCUT2D eigenvalue weighted by molar-refractivity contribution is 5.81. The number of rotatable bonds is 6. The van der Waals surface area contributed by atoms with Crippen LogP contribution in [0.1, 0.15) is 38.2 Å². The molecule has 1 fully saturated rings. The van der Waals surface area contributed by atoms with Gasteiger partial charge in [-0.15, -0.1) is 0 Å². The van der Waals surface area contributed by atoms with Crippen LogP contribution in [0.15, 0.2) is 30.3 Å². The lowest BCUT2D eigenvalue weighted by atomic mass is 10.0. The molecule has 1 saturated carbocycles. The van der Waals surface area contributed by atoms with Crippen LogP contribution in [-0.2, 0) is 16.1 Å². The van der Waals surface area contributed by atoms with Crippen molar-refractivity contribution < 1.29 is 14.7 Å². The maximum absolute atomic E-state index is 12.6. The molecule has 2 atom stereocenters. The maximum Gasteiger partial charge on any atom is 0.306 e. The summed E-state index contributed by atoms with van der Waals surface area (Å²) in [7, 11) is 0. The molecule has 21 heavy (non-hydrogen) atoms. The van der Waals surface area contributed by atoms with Gasteiger partial charge in [-0.25, -0.2) is 0 Å². The first-order chi connectivity index (χ1) is 10.1. The van der Waals surface area contributed by atoms with Crippen molar-refractivity contribution in [1.29, 1.82) is 0 Å². The molecule has 1 N–H and O–H groups in total. The summed E-state index contributed by atoms with van der Waals surface area (Å²) in [6.07, 6.45) is 2.72. The average molecular weight is 289 g/mol. The van der Waals surface area contributed by atoms with Crippen LogP contribution in [-0.4, -0.2) is 28.4 Å². The van der Waals surface area contributed by atoms with E-state index in [9.17, 15) is 9.59 Å². The van der Waals surface area contributed by atoms with Crippen LogP contribution in [0.3, 0.4) is 0 Å². The minimum atomic E-state index is -0.768. The number of aliphatic carboxylic acids is 1. The Morgan fingerprint density at radius 1 is 1.19 bits per heavy atom. The Morgan fingerprint density at radius 2 is 1.86 bits per heavy atom. The van der Waals surface area contributed by atoms with E-state index in [1.165, 1.54) is 0 Å². The van der Waals surface area contributed by atoms with Gasteiger partial charge >= 0.3 is 5.97 Å². The van der Waals surface area contributed by atoms with Crippen molar-refractivity contribution in [2.24, 2.45) is 11.8 Å². The topological polar surface area (TPSA) is 57.6 Å². The molecule has 0 unspecified atom stereocenters. The zero-order valence-electron chi connectivity index (χ0n) is 12.5. The fourth-order valence-electron chi connectivity index (χ4n) is 3.03. The molecule has 4 nitrogen and oxygen atoms in total. The molecule has 0 saturated heterocycles. The first-order valence-corrected chi connectivity index (χ1v) is 7.67. The Kier molecular flexibility index (Phi) is 5.37. The molecule has 0 bridgehead atoms. The van der Waals surface area contributed by atoms with Crippen molar-refractivity contribution in [3.8, 4) is 0 Å². The van der Waals surface area contributed by atoms with Gasteiger partial charge < -0.3 is 10.0 Å². The lowest BCUT2D eigenvalue weighted by Crippen LogP contribution is -2.35.